The third-order valence-electron chi connectivity index (χ3n) is 5.32. The number of aliphatic hydroxyl groups excluding tert-OH is 1. The number of ether oxygens (including phenoxy) is 2. The Hall–Kier alpha value is -3.06. The molecule has 0 radical (unpaired) electrons. The van der Waals surface area contributed by atoms with Crippen LogP contribution in [0.1, 0.15) is 18.1 Å². The van der Waals surface area contributed by atoms with E-state index in [4.69, 9.17) is 14.7 Å². The zero-order chi connectivity index (χ0) is 23.0. The fourth-order valence-electron chi connectivity index (χ4n) is 3.50. The van der Waals surface area contributed by atoms with Gasteiger partial charge in [-0.1, -0.05) is 30.8 Å². The Morgan fingerprint density at radius 1 is 1.18 bits per heavy atom. The number of aromatic nitrogens is 3. The molecule has 2 heterocycles. The molecule has 1 fully saturated rings. The van der Waals surface area contributed by atoms with Crippen LogP contribution in [-0.2, 0) is 11.2 Å². The number of nitriles is 1. The SMILES string of the molecule is CCc1cccc(-n2c(SCC(O)COc3ccc(C#N)cc3)nnc2N2CCOCC2)c1. The molecule has 0 bridgehead atoms. The van der Waals surface area contributed by atoms with E-state index in [0.29, 0.717) is 30.3 Å². The first-order valence-electron chi connectivity index (χ1n) is 11.0. The Morgan fingerprint density at radius 2 is 1.97 bits per heavy atom. The normalized spacial score (nSPS) is 14.6. The molecular weight excluding hydrogens is 438 g/mol. The quantitative estimate of drug-likeness (QED) is 0.482. The van der Waals surface area contributed by atoms with E-state index in [0.717, 1.165) is 36.3 Å². The number of anilines is 1. The standard InChI is InChI=1S/C24H27N5O3S/c1-2-18-4-3-5-20(14-18)29-23(28-10-12-31-13-11-28)26-27-24(29)33-17-21(30)16-32-22-8-6-19(15-25)7-9-22/h3-9,14,21,30H,2,10-13,16-17H2,1H3. The van der Waals surface area contributed by atoms with Crippen molar-refractivity contribution in [3.63, 3.8) is 0 Å². The Bertz CT molecular complexity index is 1090. The lowest BCUT2D eigenvalue weighted by atomic mass is 10.1. The highest BCUT2D eigenvalue weighted by Gasteiger charge is 2.22. The number of nitrogens with zero attached hydrogens (tertiary/aromatic N) is 5. The van der Waals surface area contributed by atoms with Gasteiger partial charge in [-0.05, 0) is 48.4 Å². The monoisotopic (exact) mass is 465 g/mol. The topological polar surface area (TPSA) is 96.4 Å². The van der Waals surface area contributed by atoms with Gasteiger partial charge >= 0.3 is 0 Å². The summed E-state index contributed by atoms with van der Waals surface area (Å²) in [5.74, 6) is 1.81. The van der Waals surface area contributed by atoms with Gasteiger partial charge in [0.2, 0.25) is 5.95 Å². The molecule has 8 nitrogen and oxygen atoms in total. The Labute approximate surface area is 197 Å². The van der Waals surface area contributed by atoms with Crippen molar-refractivity contribution in [2.24, 2.45) is 0 Å². The minimum absolute atomic E-state index is 0.147. The molecule has 0 amide bonds. The maximum absolute atomic E-state index is 10.5. The van der Waals surface area contributed by atoms with Gasteiger partial charge in [-0.3, -0.25) is 4.57 Å². The molecule has 172 valence electrons. The first kappa shape index (κ1) is 23.1. The lowest BCUT2D eigenvalue weighted by Crippen LogP contribution is -2.37. The van der Waals surface area contributed by atoms with E-state index < -0.39 is 6.10 Å². The van der Waals surface area contributed by atoms with Crippen molar-refractivity contribution >= 4 is 17.7 Å². The van der Waals surface area contributed by atoms with Crippen LogP contribution in [0.2, 0.25) is 0 Å². The van der Waals surface area contributed by atoms with E-state index in [1.54, 1.807) is 24.3 Å². The van der Waals surface area contributed by atoms with Gasteiger partial charge in [0.25, 0.3) is 0 Å². The number of hydrogen-bond donors (Lipinski definition) is 1. The second-order valence-corrected chi connectivity index (χ2v) is 8.64. The Morgan fingerprint density at radius 3 is 2.70 bits per heavy atom. The second kappa shape index (κ2) is 11.2. The molecule has 4 rings (SSSR count). The van der Waals surface area contributed by atoms with Crippen molar-refractivity contribution in [3.8, 4) is 17.5 Å². The minimum atomic E-state index is -0.690. The lowest BCUT2D eigenvalue weighted by Gasteiger charge is -2.28. The maximum Gasteiger partial charge on any atom is 0.232 e. The molecule has 33 heavy (non-hydrogen) atoms. The molecule has 2 aromatic carbocycles. The highest BCUT2D eigenvalue weighted by atomic mass is 32.2. The van der Waals surface area contributed by atoms with Crippen molar-refractivity contribution in [1.29, 1.82) is 5.26 Å². The summed E-state index contributed by atoms with van der Waals surface area (Å²) in [6.45, 7) is 5.13. The summed E-state index contributed by atoms with van der Waals surface area (Å²) < 4.78 is 13.2. The molecule has 1 N–H and O–H groups in total. The maximum atomic E-state index is 10.5. The largest absolute Gasteiger partial charge is 0.491 e. The van der Waals surface area contributed by atoms with Crippen LogP contribution in [0.5, 0.6) is 5.75 Å². The summed E-state index contributed by atoms with van der Waals surface area (Å²) in [6, 6.07) is 17.3. The number of morpholine rings is 1. The van der Waals surface area contributed by atoms with Gasteiger partial charge in [0, 0.05) is 18.8 Å². The number of thioether (sulfide) groups is 1. The van der Waals surface area contributed by atoms with Crippen LogP contribution in [-0.4, -0.2) is 64.6 Å². The average Bonchev–Trinajstić information content (AvgIpc) is 3.31. The third kappa shape index (κ3) is 5.85. The molecule has 1 aliphatic rings. The van der Waals surface area contributed by atoms with Gasteiger partial charge in [0.1, 0.15) is 12.4 Å². The lowest BCUT2D eigenvalue weighted by molar-refractivity contribution is 0.122. The van der Waals surface area contributed by atoms with Gasteiger partial charge in [0.15, 0.2) is 5.16 Å². The van der Waals surface area contributed by atoms with E-state index in [1.807, 2.05) is 6.07 Å². The van der Waals surface area contributed by atoms with Crippen LogP contribution >= 0.6 is 11.8 Å². The molecule has 1 atom stereocenters. The van der Waals surface area contributed by atoms with Gasteiger partial charge in [-0.2, -0.15) is 5.26 Å². The molecule has 1 aliphatic heterocycles. The fraction of sp³-hybridized carbons (Fsp3) is 0.375. The van der Waals surface area contributed by atoms with Crippen molar-refractivity contribution in [1.82, 2.24) is 14.8 Å². The average molecular weight is 466 g/mol. The predicted molar refractivity (Wildman–Crippen MR) is 127 cm³/mol. The summed E-state index contributed by atoms with van der Waals surface area (Å²) in [4.78, 5) is 2.18. The first-order valence-corrected chi connectivity index (χ1v) is 12.0. The summed E-state index contributed by atoms with van der Waals surface area (Å²) in [6.07, 6.45) is 0.251. The highest BCUT2D eigenvalue weighted by molar-refractivity contribution is 7.99. The number of hydrogen-bond acceptors (Lipinski definition) is 8. The predicted octanol–water partition coefficient (Wildman–Crippen LogP) is 3.07. The van der Waals surface area contributed by atoms with Crippen LogP contribution < -0.4 is 9.64 Å². The van der Waals surface area contributed by atoms with Gasteiger partial charge in [0.05, 0.1) is 36.6 Å². The molecule has 0 saturated carbocycles. The molecule has 3 aromatic rings. The molecule has 1 unspecified atom stereocenters. The fourth-order valence-corrected chi connectivity index (χ4v) is 4.35. The summed E-state index contributed by atoms with van der Waals surface area (Å²) >= 11 is 1.45. The van der Waals surface area contributed by atoms with Crippen LogP contribution in [0.4, 0.5) is 5.95 Å². The molecule has 1 aromatic heterocycles. The van der Waals surface area contributed by atoms with Crippen LogP contribution in [0.25, 0.3) is 5.69 Å². The van der Waals surface area contributed by atoms with Crippen molar-refractivity contribution < 1.29 is 14.6 Å². The van der Waals surface area contributed by atoms with Crippen LogP contribution in [0.3, 0.4) is 0 Å². The molecular formula is C24H27N5O3S. The second-order valence-electron chi connectivity index (χ2n) is 7.65. The van der Waals surface area contributed by atoms with Crippen LogP contribution in [0, 0.1) is 11.3 Å². The van der Waals surface area contributed by atoms with Crippen molar-refractivity contribution in [2.45, 2.75) is 24.6 Å². The van der Waals surface area contributed by atoms with Crippen LogP contribution in [0.15, 0.2) is 53.7 Å². The summed E-state index contributed by atoms with van der Waals surface area (Å²) in [5.41, 5.74) is 2.81. The van der Waals surface area contributed by atoms with E-state index in [2.05, 4.69) is 50.9 Å². The van der Waals surface area contributed by atoms with E-state index in [1.165, 1.54) is 17.3 Å². The zero-order valence-electron chi connectivity index (χ0n) is 18.6. The smallest absolute Gasteiger partial charge is 0.232 e. The van der Waals surface area contributed by atoms with E-state index in [9.17, 15) is 5.11 Å². The number of rotatable bonds is 9. The number of aryl methyl sites for hydroxylation is 1. The van der Waals surface area contributed by atoms with E-state index in [-0.39, 0.29) is 6.61 Å². The molecule has 9 heteroatoms. The van der Waals surface area contributed by atoms with Gasteiger partial charge in [-0.25, -0.2) is 0 Å². The van der Waals surface area contributed by atoms with Crippen molar-refractivity contribution in [2.75, 3.05) is 43.6 Å². The highest BCUT2D eigenvalue weighted by Crippen LogP contribution is 2.28. The van der Waals surface area contributed by atoms with Gasteiger partial charge < -0.3 is 19.5 Å². The summed E-state index contributed by atoms with van der Waals surface area (Å²) in [7, 11) is 0. The van der Waals surface area contributed by atoms with E-state index >= 15 is 0 Å². The molecule has 1 saturated heterocycles. The minimum Gasteiger partial charge on any atom is -0.491 e. The molecule has 0 spiro atoms. The van der Waals surface area contributed by atoms with Crippen molar-refractivity contribution in [3.05, 3.63) is 59.7 Å². The Kier molecular flexibility index (Phi) is 7.83. The number of aliphatic hydroxyl groups is 1. The summed E-state index contributed by atoms with van der Waals surface area (Å²) in [5, 5.41) is 29.0. The Balaban J connectivity index is 1.47. The zero-order valence-corrected chi connectivity index (χ0v) is 19.4. The number of benzene rings is 2. The first-order chi connectivity index (χ1) is 16.2. The van der Waals surface area contributed by atoms with Gasteiger partial charge in [-0.15, -0.1) is 10.2 Å². The molecule has 0 aliphatic carbocycles. The third-order valence-corrected chi connectivity index (χ3v) is 6.39.